The first-order chi connectivity index (χ1) is 10.1. The van der Waals surface area contributed by atoms with Gasteiger partial charge >= 0.3 is 0 Å². The molecule has 2 rings (SSSR count). The highest BCUT2D eigenvalue weighted by atomic mass is 32.2. The molecule has 21 heavy (non-hydrogen) atoms. The first-order valence-corrected chi connectivity index (χ1v) is 8.80. The molecule has 8 heteroatoms. The van der Waals surface area contributed by atoms with Crippen molar-refractivity contribution in [3.05, 3.63) is 18.0 Å². The number of morpholine rings is 1. The fourth-order valence-electron chi connectivity index (χ4n) is 2.25. The molecule has 0 aliphatic carbocycles. The lowest BCUT2D eigenvalue weighted by Gasteiger charge is -2.26. The molecule has 0 bridgehead atoms. The second-order valence-corrected chi connectivity index (χ2v) is 6.59. The largest absolute Gasteiger partial charge is 0.379 e. The summed E-state index contributed by atoms with van der Waals surface area (Å²) in [5.74, 6) is 0. The van der Waals surface area contributed by atoms with Gasteiger partial charge in [-0.15, -0.1) is 4.83 Å². The number of sulfonamides is 1. The van der Waals surface area contributed by atoms with Crippen LogP contribution in [-0.4, -0.2) is 50.8 Å². The quantitative estimate of drug-likeness (QED) is 0.748. The van der Waals surface area contributed by atoms with Crippen LogP contribution in [0.25, 0.3) is 0 Å². The van der Waals surface area contributed by atoms with Crippen LogP contribution in [-0.2, 0) is 27.8 Å². The lowest BCUT2D eigenvalue weighted by molar-refractivity contribution is 0.0272. The van der Waals surface area contributed by atoms with E-state index in [0.717, 1.165) is 18.8 Å². The van der Waals surface area contributed by atoms with E-state index < -0.39 is 10.0 Å². The zero-order valence-electron chi connectivity index (χ0n) is 12.6. The summed E-state index contributed by atoms with van der Waals surface area (Å²) in [7, 11) is -3.52. The normalized spacial score (nSPS) is 17.2. The van der Waals surface area contributed by atoms with Crippen LogP contribution in [0.3, 0.4) is 0 Å². The van der Waals surface area contributed by atoms with E-state index in [1.807, 2.05) is 18.4 Å². The molecule has 7 nitrogen and oxygen atoms in total. The number of hydrogen-bond acceptors (Lipinski definition) is 5. The average molecular weight is 316 g/mol. The van der Waals surface area contributed by atoms with E-state index in [2.05, 4.69) is 10.1 Å². The standard InChI is InChI=1S/C13H24N4O3S/c1-3-14-10-12-9-13(11-16(12)4-2)21(18,19)15-17-5-7-20-8-6-17/h9,11,14-15H,3-8,10H2,1-2H3. The van der Waals surface area contributed by atoms with Crippen molar-refractivity contribution in [2.75, 3.05) is 32.8 Å². The highest BCUT2D eigenvalue weighted by Crippen LogP contribution is 2.15. The van der Waals surface area contributed by atoms with Gasteiger partial charge in [0.25, 0.3) is 10.0 Å². The Morgan fingerprint density at radius 1 is 1.29 bits per heavy atom. The number of hydrogen-bond donors (Lipinski definition) is 2. The highest BCUT2D eigenvalue weighted by molar-refractivity contribution is 7.89. The maximum Gasteiger partial charge on any atom is 0.254 e. The Bertz CT molecular complexity index is 550. The minimum Gasteiger partial charge on any atom is -0.379 e. The van der Waals surface area contributed by atoms with Crippen LogP contribution in [0.5, 0.6) is 0 Å². The number of aromatic nitrogens is 1. The van der Waals surface area contributed by atoms with Crippen molar-refractivity contribution in [1.82, 2.24) is 19.7 Å². The van der Waals surface area contributed by atoms with Gasteiger partial charge in [-0.2, -0.15) is 0 Å². The van der Waals surface area contributed by atoms with Gasteiger partial charge in [-0.25, -0.2) is 13.4 Å². The molecule has 120 valence electrons. The summed E-state index contributed by atoms with van der Waals surface area (Å²) >= 11 is 0. The Morgan fingerprint density at radius 3 is 2.62 bits per heavy atom. The summed E-state index contributed by atoms with van der Waals surface area (Å²) in [5, 5.41) is 4.91. The van der Waals surface area contributed by atoms with Gasteiger partial charge in [0.2, 0.25) is 0 Å². The van der Waals surface area contributed by atoms with Crippen molar-refractivity contribution in [3.63, 3.8) is 0 Å². The number of aryl methyl sites for hydroxylation is 1. The molecular formula is C13H24N4O3S. The van der Waals surface area contributed by atoms with E-state index in [9.17, 15) is 8.42 Å². The van der Waals surface area contributed by atoms with Crippen molar-refractivity contribution in [2.45, 2.75) is 31.8 Å². The second-order valence-electron chi connectivity index (χ2n) is 4.93. The first kappa shape index (κ1) is 16.4. The van der Waals surface area contributed by atoms with Gasteiger partial charge in [-0.05, 0) is 19.5 Å². The third-order valence-electron chi connectivity index (χ3n) is 3.43. The number of ether oxygens (including phenoxy) is 1. The lowest BCUT2D eigenvalue weighted by Crippen LogP contribution is -2.48. The summed E-state index contributed by atoms with van der Waals surface area (Å²) in [6, 6.07) is 1.73. The summed E-state index contributed by atoms with van der Waals surface area (Å²) in [6.07, 6.45) is 1.69. The SMILES string of the molecule is CCNCc1cc(S(=O)(=O)NN2CCOCC2)cn1CC. The monoisotopic (exact) mass is 316 g/mol. The zero-order valence-corrected chi connectivity index (χ0v) is 13.4. The van der Waals surface area contributed by atoms with Crippen LogP contribution in [0.15, 0.2) is 17.2 Å². The topological polar surface area (TPSA) is 75.6 Å². The summed E-state index contributed by atoms with van der Waals surface area (Å²) in [4.78, 5) is 2.93. The van der Waals surface area contributed by atoms with Crippen LogP contribution in [0.4, 0.5) is 0 Å². The molecule has 1 fully saturated rings. The van der Waals surface area contributed by atoms with Crippen molar-refractivity contribution >= 4 is 10.0 Å². The van der Waals surface area contributed by atoms with Crippen molar-refractivity contribution in [3.8, 4) is 0 Å². The van der Waals surface area contributed by atoms with Crippen molar-refractivity contribution in [2.24, 2.45) is 0 Å². The Labute approximate surface area is 126 Å². The molecule has 2 N–H and O–H groups in total. The third-order valence-corrected chi connectivity index (χ3v) is 4.77. The van der Waals surface area contributed by atoms with Gasteiger partial charge in [-0.3, -0.25) is 0 Å². The van der Waals surface area contributed by atoms with Crippen molar-refractivity contribution < 1.29 is 13.2 Å². The Hall–Kier alpha value is -0.930. The molecule has 0 amide bonds. The van der Waals surface area contributed by atoms with Crippen LogP contribution in [0, 0.1) is 0 Å². The highest BCUT2D eigenvalue weighted by Gasteiger charge is 2.22. The van der Waals surface area contributed by atoms with Gasteiger partial charge in [0.15, 0.2) is 0 Å². The average Bonchev–Trinajstić information content (AvgIpc) is 2.90. The van der Waals surface area contributed by atoms with E-state index >= 15 is 0 Å². The van der Waals surface area contributed by atoms with Crippen LogP contribution in [0.1, 0.15) is 19.5 Å². The molecule has 0 aromatic carbocycles. The lowest BCUT2D eigenvalue weighted by atomic mass is 10.4. The number of hydrazine groups is 1. The fraction of sp³-hybridized carbons (Fsp3) is 0.692. The van der Waals surface area contributed by atoms with Crippen LogP contribution in [0.2, 0.25) is 0 Å². The first-order valence-electron chi connectivity index (χ1n) is 7.31. The maximum atomic E-state index is 12.4. The van der Waals surface area contributed by atoms with Crippen molar-refractivity contribution in [1.29, 1.82) is 0 Å². The molecular weight excluding hydrogens is 292 g/mol. The second kappa shape index (κ2) is 7.37. The van der Waals surface area contributed by atoms with Gasteiger partial charge in [0.1, 0.15) is 4.90 Å². The van der Waals surface area contributed by atoms with E-state index in [1.54, 1.807) is 17.3 Å². The molecule has 2 heterocycles. The smallest absolute Gasteiger partial charge is 0.254 e. The fourth-order valence-corrected chi connectivity index (χ4v) is 3.43. The van der Waals surface area contributed by atoms with Crippen LogP contribution >= 0.6 is 0 Å². The molecule has 0 atom stereocenters. The molecule has 1 aromatic rings. The van der Waals surface area contributed by atoms with E-state index in [1.165, 1.54) is 0 Å². The maximum absolute atomic E-state index is 12.4. The van der Waals surface area contributed by atoms with Crippen LogP contribution < -0.4 is 10.1 Å². The minimum absolute atomic E-state index is 0.309. The Morgan fingerprint density at radius 2 is 2.00 bits per heavy atom. The summed E-state index contributed by atoms with van der Waals surface area (Å²) < 4.78 is 32.0. The molecule has 1 aromatic heterocycles. The molecule has 0 saturated carbocycles. The van der Waals surface area contributed by atoms with Gasteiger partial charge in [-0.1, -0.05) is 6.92 Å². The predicted octanol–water partition coefficient (Wildman–Crippen LogP) is 0.143. The molecule has 0 spiro atoms. The number of nitrogens with zero attached hydrogens (tertiary/aromatic N) is 2. The van der Waals surface area contributed by atoms with Gasteiger partial charge in [0.05, 0.1) is 13.2 Å². The van der Waals surface area contributed by atoms with Gasteiger partial charge < -0.3 is 14.6 Å². The third kappa shape index (κ3) is 4.27. The molecule has 1 aliphatic rings. The summed E-state index contributed by atoms with van der Waals surface area (Å²) in [5.41, 5.74) is 0.974. The van der Waals surface area contributed by atoms with E-state index in [-0.39, 0.29) is 0 Å². The Balaban J connectivity index is 2.13. The zero-order chi connectivity index (χ0) is 15.3. The summed E-state index contributed by atoms with van der Waals surface area (Å²) in [6.45, 7) is 8.51. The molecule has 0 unspecified atom stereocenters. The minimum atomic E-state index is -3.52. The van der Waals surface area contributed by atoms with E-state index in [0.29, 0.717) is 37.7 Å². The predicted molar refractivity (Wildman–Crippen MR) is 80.2 cm³/mol. The molecule has 1 aliphatic heterocycles. The number of nitrogens with one attached hydrogen (secondary N) is 2. The van der Waals surface area contributed by atoms with Gasteiger partial charge in [0, 0.05) is 38.1 Å². The molecule has 1 saturated heterocycles. The molecule has 0 radical (unpaired) electrons. The van der Waals surface area contributed by atoms with E-state index in [4.69, 9.17) is 4.74 Å². The number of rotatable bonds is 7. The Kier molecular flexibility index (Phi) is 5.77.